The van der Waals surface area contributed by atoms with Crippen LogP contribution in [0, 0.1) is 5.82 Å². The minimum Gasteiger partial charge on any atom is -0.461 e. The molecule has 0 amide bonds. The van der Waals surface area contributed by atoms with Crippen LogP contribution in [-0.2, 0) is 4.43 Å². The van der Waals surface area contributed by atoms with Crippen molar-refractivity contribution in [1.82, 2.24) is 19.9 Å². The van der Waals surface area contributed by atoms with E-state index in [0.29, 0.717) is 37.3 Å². The molecule has 0 radical (unpaired) electrons. The molecule has 3 fully saturated rings. The first-order valence-corrected chi connectivity index (χ1v) is 19.4. The molecule has 0 saturated carbocycles. The molecule has 8 nitrogen and oxygen atoms in total. The second-order valence-electron chi connectivity index (χ2n) is 15.1. The Morgan fingerprint density at radius 3 is 2.31 bits per heavy atom. The number of anilines is 1. The van der Waals surface area contributed by atoms with Crippen LogP contribution in [0.25, 0.3) is 10.9 Å². The number of aromatic nitrogens is 3. The molecule has 0 unspecified atom stereocenters. The second kappa shape index (κ2) is 12.6. The van der Waals surface area contributed by atoms with Gasteiger partial charge in [-0.2, -0.15) is 9.97 Å². The minimum atomic E-state index is -2.74. The summed E-state index contributed by atoms with van der Waals surface area (Å²) in [5.74, 6) is -0.204. The van der Waals surface area contributed by atoms with Crippen LogP contribution in [0.1, 0.15) is 59.8 Å². The van der Waals surface area contributed by atoms with E-state index >= 15 is 4.39 Å². The van der Waals surface area contributed by atoms with Crippen LogP contribution in [0.15, 0.2) is 66.9 Å². The van der Waals surface area contributed by atoms with Gasteiger partial charge in [0, 0.05) is 25.8 Å². The fourth-order valence-electron chi connectivity index (χ4n) is 8.39. The zero-order valence-electron chi connectivity index (χ0n) is 28.3. The topological polar surface area (TPSA) is 83.8 Å². The maximum absolute atomic E-state index is 15.4. The first kappa shape index (κ1) is 33.3. The lowest BCUT2D eigenvalue weighted by Crippen LogP contribution is -2.67. The molecule has 0 aliphatic carbocycles. The first-order valence-electron chi connectivity index (χ1n) is 17.1. The number of aliphatic hydroxyl groups is 1. The Kier molecular flexibility index (Phi) is 8.77. The predicted octanol–water partition coefficient (Wildman–Crippen LogP) is 5.73. The van der Waals surface area contributed by atoms with Crippen molar-refractivity contribution >= 4 is 47.0 Å². The predicted molar refractivity (Wildman–Crippen MR) is 191 cm³/mol. The molecule has 48 heavy (non-hydrogen) atoms. The smallest absolute Gasteiger partial charge is 0.319 e. The Morgan fingerprint density at radius 2 is 1.67 bits per heavy atom. The molecule has 11 heteroatoms. The summed E-state index contributed by atoms with van der Waals surface area (Å²) in [6, 6.07) is 21.6. The average Bonchev–Trinajstić information content (AvgIpc) is 3.61. The van der Waals surface area contributed by atoms with Gasteiger partial charge in [-0.3, -0.25) is 4.90 Å². The van der Waals surface area contributed by atoms with Crippen LogP contribution in [-0.4, -0.2) is 83.3 Å². The van der Waals surface area contributed by atoms with Crippen LogP contribution in [0.3, 0.4) is 0 Å². The van der Waals surface area contributed by atoms with Gasteiger partial charge in [0.15, 0.2) is 11.0 Å². The maximum atomic E-state index is 15.4. The van der Waals surface area contributed by atoms with Crippen molar-refractivity contribution in [3.05, 3.63) is 77.8 Å². The number of hydrogen-bond acceptors (Lipinski definition) is 8. The van der Waals surface area contributed by atoms with Crippen molar-refractivity contribution in [3.8, 4) is 6.01 Å². The van der Waals surface area contributed by atoms with Crippen LogP contribution in [0.4, 0.5) is 10.2 Å². The highest BCUT2D eigenvalue weighted by Crippen LogP contribution is 2.44. The number of pyridine rings is 1. The van der Waals surface area contributed by atoms with Gasteiger partial charge in [-0.1, -0.05) is 93.0 Å². The van der Waals surface area contributed by atoms with E-state index in [0.717, 1.165) is 38.8 Å². The Hall–Kier alpha value is -3.15. The Balaban J connectivity index is 1.19. The fourth-order valence-corrected chi connectivity index (χ4v) is 13.2. The lowest BCUT2D eigenvalue weighted by atomic mass is 9.94. The van der Waals surface area contributed by atoms with E-state index < -0.39 is 19.7 Å². The summed E-state index contributed by atoms with van der Waals surface area (Å²) in [5, 5.41) is 13.5. The summed E-state index contributed by atoms with van der Waals surface area (Å²) >= 11 is 6.11. The molecule has 5 heterocycles. The zero-order valence-corrected chi connectivity index (χ0v) is 30.0. The molecule has 2 aromatic heterocycles. The zero-order chi connectivity index (χ0) is 33.7. The van der Waals surface area contributed by atoms with E-state index in [2.05, 4.69) is 96.3 Å². The monoisotopic (exact) mass is 689 g/mol. The van der Waals surface area contributed by atoms with Crippen LogP contribution < -0.4 is 20.0 Å². The average molecular weight is 690 g/mol. The van der Waals surface area contributed by atoms with Crippen molar-refractivity contribution in [2.45, 2.75) is 82.1 Å². The van der Waals surface area contributed by atoms with E-state index in [1.165, 1.54) is 16.6 Å². The van der Waals surface area contributed by atoms with E-state index in [1.54, 1.807) is 0 Å². The number of halogens is 2. The van der Waals surface area contributed by atoms with Gasteiger partial charge in [-0.25, -0.2) is 9.37 Å². The summed E-state index contributed by atoms with van der Waals surface area (Å²) in [5.41, 5.74) is -1.07. The van der Waals surface area contributed by atoms with Crippen molar-refractivity contribution in [1.29, 1.82) is 0 Å². The van der Waals surface area contributed by atoms with Crippen LogP contribution in [0.2, 0.25) is 10.2 Å². The molecule has 3 aliphatic rings. The lowest BCUT2D eigenvalue weighted by Gasteiger charge is -2.44. The lowest BCUT2D eigenvalue weighted by molar-refractivity contribution is 0.0447. The van der Waals surface area contributed by atoms with Gasteiger partial charge in [-0.15, -0.1) is 0 Å². The molecule has 3 atom stereocenters. The molecule has 2 aromatic carbocycles. The third-order valence-corrected chi connectivity index (χ3v) is 15.9. The molecule has 254 valence electrons. The maximum Gasteiger partial charge on any atom is 0.319 e. The number of nitrogens with zero attached hydrogens (tertiary/aromatic N) is 5. The van der Waals surface area contributed by atoms with Gasteiger partial charge in [0.05, 0.1) is 22.6 Å². The quantitative estimate of drug-likeness (QED) is 0.186. The van der Waals surface area contributed by atoms with Gasteiger partial charge in [0.2, 0.25) is 0 Å². The second-order valence-corrected chi connectivity index (χ2v) is 19.8. The molecule has 4 aromatic rings. The van der Waals surface area contributed by atoms with Gasteiger partial charge >= 0.3 is 6.01 Å². The number of hydrogen-bond donors (Lipinski definition) is 1. The number of ether oxygens (including phenoxy) is 1. The molecule has 7 rings (SSSR count). The Morgan fingerprint density at radius 1 is 1.00 bits per heavy atom. The third-order valence-electron chi connectivity index (χ3n) is 10.6. The van der Waals surface area contributed by atoms with Crippen LogP contribution >= 0.6 is 11.6 Å². The molecular weight excluding hydrogens is 645 g/mol. The van der Waals surface area contributed by atoms with Crippen LogP contribution in [0.5, 0.6) is 6.01 Å². The number of β-amino-alcohol motifs (C(OH)–C–C–N with tert-alkyl or cyclic N) is 1. The van der Waals surface area contributed by atoms with E-state index in [9.17, 15) is 5.11 Å². The number of rotatable bonds is 8. The molecular formula is C37H45ClFN5O3Si. The van der Waals surface area contributed by atoms with Gasteiger partial charge in [-0.05, 0) is 61.0 Å². The van der Waals surface area contributed by atoms with Crippen molar-refractivity contribution in [2.75, 3.05) is 37.7 Å². The third kappa shape index (κ3) is 6.00. The molecule has 0 bridgehead atoms. The van der Waals surface area contributed by atoms with Crippen molar-refractivity contribution in [2.24, 2.45) is 0 Å². The Bertz CT molecular complexity index is 1740. The highest BCUT2D eigenvalue weighted by molar-refractivity contribution is 6.99. The van der Waals surface area contributed by atoms with E-state index in [1.807, 2.05) is 11.8 Å². The molecule has 0 spiro atoms. The number of piperidine rings is 1. The highest BCUT2D eigenvalue weighted by atomic mass is 35.5. The number of fused-ring (bicyclic) bond motifs is 2. The summed E-state index contributed by atoms with van der Waals surface area (Å²) in [7, 11) is -2.74. The minimum absolute atomic E-state index is 0.00573. The summed E-state index contributed by atoms with van der Waals surface area (Å²) in [6.07, 6.45) is 5.82. The van der Waals surface area contributed by atoms with Crippen molar-refractivity contribution < 1.29 is 18.7 Å². The van der Waals surface area contributed by atoms with Gasteiger partial charge < -0.3 is 19.2 Å². The SMILES string of the molecule is CC(C)(C)[Si](O[C@H]1CN2CCC[C@@]2(COc2nc(N3CCC[C@@](C)(O)C3)c3cnc(Cl)c(F)c3n2)C1)(c1ccccc1)c1ccccc1. The molecule has 1 N–H and O–H groups in total. The Labute approximate surface area is 288 Å². The molecule has 3 aliphatic heterocycles. The normalized spacial score (nSPS) is 25.1. The summed E-state index contributed by atoms with van der Waals surface area (Å²) < 4.78 is 29.4. The first-order chi connectivity index (χ1) is 22.9. The highest BCUT2D eigenvalue weighted by Gasteiger charge is 2.56. The largest absolute Gasteiger partial charge is 0.461 e. The van der Waals surface area contributed by atoms with Gasteiger partial charge in [0.1, 0.15) is 17.9 Å². The summed E-state index contributed by atoms with van der Waals surface area (Å²) in [4.78, 5) is 17.9. The van der Waals surface area contributed by atoms with Gasteiger partial charge in [0.25, 0.3) is 8.32 Å². The van der Waals surface area contributed by atoms with E-state index in [-0.39, 0.29) is 33.4 Å². The summed E-state index contributed by atoms with van der Waals surface area (Å²) in [6.45, 7) is 11.9. The molecule has 3 saturated heterocycles. The van der Waals surface area contributed by atoms with E-state index in [4.69, 9.17) is 25.7 Å². The standard InChI is InChI=1S/C37H45ClFN5O3Si/c1-35(2,3)48(27-13-7-5-8-14-27,28-15-9-6-10-16-28)47-26-21-37(18-12-20-44(37)23-26)25-46-34-41-31-29(22-40-32(38)30(31)39)33(42-34)43-19-11-17-36(4,45)24-43/h5-10,13-16,22,26,45H,11-12,17-21,23-25H2,1-4H3/t26-,36-,37+/m1/s1. The van der Waals surface area contributed by atoms with Crippen molar-refractivity contribution in [3.63, 3.8) is 0 Å². The fraction of sp³-hybridized carbons (Fsp3) is 0.486. The number of benzene rings is 2.